The van der Waals surface area contributed by atoms with E-state index >= 15 is 0 Å². The molecule has 26 heavy (non-hydrogen) atoms. The molecule has 1 amide bonds. The molecule has 0 bridgehead atoms. The van der Waals surface area contributed by atoms with E-state index in [9.17, 15) is 14.9 Å². The van der Waals surface area contributed by atoms with Gasteiger partial charge >= 0.3 is 0 Å². The number of amides is 1. The molecule has 0 saturated carbocycles. The summed E-state index contributed by atoms with van der Waals surface area (Å²) in [5, 5.41) is 11.7. The van der Waals surface area contributed by atoms with Gasteiger partial charge in [0.15, 0.2) is 0 Å². The smallest absolute Gasteiger partial charge is 0.269 e. The first-order chi connectivity index (χ1) is 12.5. The first kappa shape index (κ1) is 17.3. The van der Waals surface area contributed by atoms with Crippen LogP contribution in [-0.2, 0) is 4.79 Å². The van der Waals surface area contributed by atoms with Gasteiger partial charge in [0.1, 0.15) is 6.17 Å². The molecule has 0 aromatic heterocycles. The van der Waals surface area contributed by atoms with E-state index in [2.05, 4.69) is 4.90 Å². The minimum Gasteiger partial charge on any atom is -0.290 e. The molecule has 134 valence electrons. The van der Waals surface area contributed by atoms with Crippen molar-refractivity contribution < 1.29 is 9.72 Å². The molecule has 8 heteroatoms. The van der Waals surface area contributed by atoms with E-state index in [1.54, 1.807) is 35.2 Å². The molecule has 2 heterocycles. The summed E-state index contributed by atoms with van der Waals surface area (Å²) >= 11 is 12.2. The average Bonchev–Trinajstić information content (AvgIpc) is 3.20. The number of nitrogens with zero attached hydrogens (tertiary/aromatic N) is 3. The molecule has 2 saturated heterocycles. The molecule has 0 N–H and O–H groups in total. The Balaban J connectivity index is 1.78. The molecule has 2 aromatic carbocycles. The van der Waals surface area contributed by atoms with Crippen LogP contribution in [0, 0.1) is 10.1 Å². The topological polar surface area (TPSA) is 66.7 Å². The molecular formula is C18H15Cl2N3O3. The molecular weight excluding hydrogens is 377 g/mol. The van der Waals surface area contributed by atoms with Gasteiger partial charge in [-0.2, -0.15) is 0 Å². The second kappa shape index (κ2) is 6.54. The van der Waals surface area contributed by atoms with Crippen LogP contribution < -0.4 is 4.90 Å². The molecule has 2 aromatic rings. The number of anilines is 1. The van der Waals surface area contributed by atoms with Crippen molar-refractivity contribution in [2.75, 3.05) is 11.4 Å². The number of carbonyl (C=O) groups is 1. The Morgan fingerprint density at radius 1 is 1.08 bits per heavy atom. The minimum atomic E-state index is -0.432. The van der Waals surface area contributed by atoms with Crippen molar-refractivity contribution in [2.45, 2.75) is 25.0 Å². The minimum absolute atomic E-state index is 0.0178. The maximum Gasteiger partial charge on any atom is 0.269 e. The van der Waals surface area contributed by atoms with Crippen molar-refractivity contribution in [1.29, 1.82) is 0 Å². The lowest BCUT2D eigenvalue weighted by Crippen LogP contribution is -2.32. The van der Waals surface area contributed by atoms with Crippen LogP contribution in [-0.4, -0.2) is 28.3 Å². The molecule has 2 aliphatic heterocycles. The lowest BCUT2D eigenvalue weighted by atomic mass is 10.1. The van der Waals surface area contributed by atoms with Gasteiger partial charge in [-0.1, -0.05) is 23.2 Å². The highest BCUT2D eigenvalue weighted by molar-refractivity contribution is 6.42. The van der Waals surface area contributed by atoms with Crippen molar-refractivity contribution in [2.24, 2.45) is 0 Å². The Kier molecular flexibility index (Phi) is 4.34. The first-order valence-corrected chi connectivity index (χ1v) is 9.01. The number of rotatable bonds is 3. The molecule has 0 aliphatic carbocycles. The number of hydrogen-bond acceptors (Lipinski definition) is 4. The zero-order valence-corrected chi connectivity index (χ0v) is 15.2. The van der Waals surface area contributed by atoms with Crippen LogP contribution in [0.15, 0.2) is 42.5 Å². The molecule has 2 aliphatic rings. The Hall–Kier alpha value is -2.15. The Morgan fingerprint density at radius 3 is 2.46 bits per heavy atom. The maximum atomic E-state index is 13.0. The largest absolute Gasteiger partial charge is 0.290 e. The Morgan fingerprint density at radius 2 is 1.81 bits per heavy atom. The molecule has 6 nitrogen and oxygen atoms in total. The van der Waals surface area contributed by atoms with Gasteiger partial charge in [-0.3, -0.25) is 24.7 Å². The van der Waals surface area contributed by atoms with Gasteiger partial charge in [0.25, 0.3) is 5.69 Å². The standard InChI is InChI=1S/C18H15Cl2N3O3/c19-14-8-7-13(10-15(14)20)22-17(21-9-1-2-16(21)18(22)24)11-3-5-12(6-4-11)23(25)26/h3-8,10,16-17H,1-2,9H2/t16-,17+/m0/s1. The maximum absolute atomic E-state index is 13.0. The van der Waals surface area contributed by atoms with E-state index in [4.69, 9.17) is 23.2 Å². The number of fused-ring (bicyclic) bond motifs is 1. The predicted octanol–water partition coefficient (Wildman–Crippen LogP) is 4.41. The molecule has 0 unspecified atom stereocenters. The fraction of sp³-hybridized carbons (Fsp3) is 0.278. The van der Waals surface area contributed by atoms with Gasteiger partial charge in [-0.05, 0) is 48.7 Å². The highest BCUT2D eigenvalue weighted by Crippen LogP contribution is 2.43. The van der Waals surface area contributed by atoms with Crippen molar-refractivity contribution in [3.63, 3.8) is 0 Å². The number of benzene rings is 2. The fourth-order valence-corrected chi connectivity index (χ4v) is 4.08. The molecule has 0 spiro atoms. The number of nitro benzene ring substituents is 1. The number of nitro groups is 1. The van der Waals surface area contributed by atoms with E-state index in [0.717, 1.165) is 24.9 Å². The monoisotopic (exact) mass is 391 g/mol. The third-order valence-electron chi connectivity index (χ3n) is 4.96. The quantitative estimate of drug-likeness (QED) is 0.573. The third-order valence-corrected chi connectivity index (χ3v) is 5.70. The number of carbonyl (C=O) groups excluding carboxylic acids is 1. The van der Waals surface area contributed by atoms with Gasteiger partial charge in [0.05, 0.1) is 21.0 Å². The number of halogens is 2. The zero-order valence-electron chi connectivity index (χ0n) is 13.6. The third kappa shape index (κ3) is 2.74. The Bertz CT molecular complexity index is 888. The first-order valence-electron chi connectivity index (χ1n) is 8.25. The second-order valence-electron chi connectivity index (χ2n) is 6.42. The van der Waals surface area contributed by atoms with Crippen molar-refractivity contribution in [3.05, 3.63) is 68.2 Å². The summed E-state index contributed by atoms with van der Waals surface area (Å²) in [7, 11) is 0. The number of hydrogen-bond donors (Lipinski definition) is 0. The van der Waals surface area contributed by atoms with Crippen LogP contribution in [0.3, 0.4) is 0 Å². The van der Waals surface area contributed by atoms with Crippen molar-refractivity contribution in [3.8, 4) is 0 Å². The van der Waals surface area contributed by atoms with E-state index in [1.807, 2.05) is 0 Å². The van der Waals surface area contributed by atoms with Gasteiger partial charge in [0, 0.05) is 24.4 Å². The lowest BCUT2D eigenvalue weighted by molar-refractivity contribution is -0.384. The van der Waals surface area contributed by atoms with Crippen LogP contribution in [0.25, 0.3) is 0 Å². The van der Waals surface area contributed by atoms with Crippen LogP contribution >= 0.6 is 23.2 Å². The average molecular weight is 392 g/mol. The van der Waals surface area contributed by atoms with Crippen LogP contribution in [0.1, 0.15) is 24.6 Å². The molecule has 4 rings (SSSR count). The summed E-state index contributed by atoms with van der Waals surface area (Å²) in [4.78, 5) is 27.4. The highest BCUT2D eigenvalue weighted by atomic mass is 35.5. The van der Waals surface area contributed by atoms with Crippen molar-refractivity contribution in [1.82, 2.24) is 4.90 Å². The van der Waals surface area contributed by atoms with Gasteiger partial charge in [-0.15, -0.1) is 0 Å². The van der Waals surface area contributed by atoms with Gasteiger partial charge in [-0.25, -0.2) is 0 Å². The summed E-state index contributed by atoms with van der Waals surface area (Å²) in [6.45, 7) is 0.801. The molecule has 0 radical (unpaired) electrons. The van der Waals surface area contributed by atoms with E-state index in [0.29, 0.717) is 15.7 Å². The van der Waals surface area contributed by atoms with Crippen molar-refractivity contribution >= 4 is 40.5 Å². The molecule has 2 fully saturated rings. The van der Waals surface area contributed by atoms with Crippen LogP contribution in [0.5, 0.6) is 0 Å². The summed E-state index contributed by atoms with van der Waals surface area (Å²) in [5.74, 6) is 0.0178. The SMILES string of the molecule is O=C1[C@@H]2CCCN2[C@@H](c2ccc([N+](=O)[O-])cc2)N1c1ccc(Cl)c(Cl)c1. The zero-order chi connectivity index (χ0) is 18.4. The van der Waals surface area contributed by atoms with E-state index in [-0.39, 0.29) is 23.8 Å². The Labute approximate surface area is 160 Å². The normalized spacial score (nSPS) is 22.7. The van der Waals surface area contributed by atoms with Crippen LogP contribution in [0.4, 0.5) is 11.4 Å². The molecule has 2 atom stereocenters. The van der Waals surface area contributed by atoms with E-state index in [1.165, 1.54) is 12.1 Å². The summed E-state index contributed by atoms with van der Waals surface area (Å²) < 4.78 is 0. The predicted molar refractivity (Wildman–Crippen MR) is 99.5 cm³/mol. The summed E-state index contributed by atoms with van der Waals surface area (Å²) in [6.07, 6.45) is 1.45. The fourth-order valence-electron chi connectivity index (χ4n) is 3.79. The summed E-state index contributed by atoms with van der Waals surface area (Å²) in [6, 6.07) is 11.3. The highest BCUT2D eigenvalue weighted by Gasteiger charge is 2.49. The second-order valence-corrected chi connectivity index (χ2v) is 7.24. The number of non-ortho nitro benzene ring substituents is 1. The van der Waals surface area contributed by atoms with E-state index < -0.39 is 4.92 Å². The van der Waals surface area contributed by atoms with Gasteiger partial charge < -0.3 is 0 Å². The van der Waals surface area contributed by atoms with Gasteiger partial charge in [0.2, 0.25) is 5.91 Å². The lowest BCUT2D eigenvalue weighted by Gasteiger charge is -2.29. The van der Waals surface area contributed by atoms with Crippen LogP contribution in [0.2, 0.25) is 10.0 Å². The summed E-state index contributed by atoms with van der Waals surface area (Å²) in [5.41, 5.74) is 1.53.